The molecule has 16 unspecified atom stereocenters. The molecule has 5 saturated heterocycles. The zero-order valence-corrected chi connectivity index (χ0v) is 87.1. The van der Waals surface area contributed by atoms with E-state index in [4.69, 9.17) is 52.1 Å². The predicted molar refractivity (Wildman–Crippen MR) is 524 cm³/mol. The van der Waals surface area contributed by atoms with Crippen LogP contribution in [-0.2, 0) is 133 Å². The van der Waals surface area contributed by atoms with Gasteiger partial charge in [0.25, 0.3) is 0 Å². The van der Waals surface area contributed by atoms with Crippen LogP contribution < -0.4 is 0 Å². The fraction of sp³-hybridized carbons (Fsp3) is 0.717. The van der Waals surface area contributed by atoms with Crippen LogP contribution in [0.5, 0.6) is 0 Å². The van der Waals surface area contributed by atoms with Gasteiger partial charge in [-0.25, -0.2) is 57.5 Å². The molecule has 0 aromatic rings. The lowest BCUT2D eigenvalue weighted by atomic mass is 9.44. The van der Waals surface area contributed by atoms with Crippen molar-refractivity contribution < 1.29 is 138 Å². The first kappa shape index (κ1) is 112. The number of fused-ring (bicyclic) bond motifs is 10. The van der Waals surface area contributed by atoms with Gasteiger partial charge in [-0.2, -0.15) is 0 Å². The van der Waals surface area contributed by atoms with Crippen LogP contribution in [-0.4, -0.2) is 176 Å². The van der Waals surface area contributed by atoms with Crippen molar-refractivity contribution in [2.45, 2.75) is 368 Å². The molecule has 21 aliphatic rings. The highest BCUT2D eigenvalue weighted by atomic mass is 16.8. The average Bonchev–Trinajstić information content (AvgIpc) is 1.37. The molecule has 29 nitrogen and oxygen atoms in total. The average molecular weight is 1980 g/mol. The summed E-state index contributed by atoms with van der Waals surface area (Å²) in [6, 6.07) is 0. The molecular weight excluding hydrogens is 1820 g/mol. The van der Waals surface area contributed by atoms with Crippen molar-refractivity contribution >= 4 is 83.8 Å². The number of carbonyl (C=O) groups is 14. The summed E-state index contributed by atoms with van der Waals surface area (Å²) >= 11 is 0. The Morgan fingerprint density at radius 1 is 0.423 bits per heavy atom. The maximum atomic E-state index is 12.4. The van der Waals surface area contributed by atoms with Gasteiger partial charge in [-0.3, -0.25) is 9.59 Å². The van der Waals surface area contributed by atoms with Gasteiger partial charge < -0.3 is 71.1 Å². The topological polar surface area (TPSA) is 377 Å². The van der Waals surface area contributed by atoms with Crippen LogP contribution in [0.2, 0.25) is 0 Å². The maximum Gasteiger partial charge on any atom is 0.508 e. The molecule has 0 amide bonds. The van der Waals surface area contributed by atoms with Gasteiger partial charge in [0, 0.05) is 85.2 Å². The van der Waals surface area contributed by atoms with E-state index < -0.39 is 71.8 Å². The lowest BCUT2D eigenvalue weighted by Gasteiger charge is -2.63. The van der Waals surface area contributed by atoms with Crippen LogP contribution in [0.1, 0.15) is 309 Å². The van der Waals surface area contributed by atoms with Crippen molar-refractivity contribution in [2.75, 3.05) is 33.0 Å². The van der Waals surface area contributed by atoms with Gasteiger partial charge in [-0.15, -0.1) is 0 Å². The van der Waals surface area contributed by atoms with Crippen molar-refractivity contribution in [3.8, 4) is 0 Å². The second-order valence-corrected chi connectivity index (χ2v) is 45.4. The lowest BCUT2D eigenvalue weighted by molar-refractivity contribution is -0.225. The molecule has 0 spiro atoms. The Labute approximate surface area is 839 Å². The normalized spacial score (nSPS) is 34.1. The summed E-state index contributed by atoms with van der Waals surface area (Å²) in [5.74, 6) is 7.76. The molecule has 16 atom stereocenters. The van der Waals surface area contributed by atoms with Crippen molar-refractivity contribution in [1.29, 1.82) is 0 Å². The van der Waals surface area contributed by atoms with E-state index in [0.717, 1.165) is 117 Å². The van der Waals surface area contributed by atoms with Crippen LogP contribution in [0.3, 0.4) is 0 Å². The lowest BCUT2D eigenvalue weighted by Crippen LogP contribution is -2.62. The van der Waals surface area contributed by atoms with Crippen molar-refractivity contribution in [1.82, 2.24) is 0 Å². The number of hydrogen-bond acceptors (Lipinski definition) is 29. The number of ether oxygens (including phenoxy) is 15. The van der Waals surface area contributed by atoms with Crippen LogP contribution in [0.15, 0.2) is 109 Å². The smallest absolute Gasteiger partial charge is 0.463 e. The van der Waals surface area contributed by atoms with E-state index in [2.05, 4.69) is 106 Å². The number of esters is 13. The zero-order chi connectivity index (χ0) is 104. The maximum absolute atomic E-state index is 12.4. The summed E-state index contributed by atoms with van der Waals surface area (Å²) in [4.78, 5) is 158. The number of rotatable bonds is 25. The fourth-order valence-corrected chi connectivity index (χ4v) is 27.8. The first-order valence-corrected chi connectivity index (χ1v) is 52.3. The molecule has 21 fully saturated rings. The van der Waals surface area contributed by atoms with Crippen LogP contribution >= 0.6 is 0 Å². The monoisotopic (exact) mass is 1980 g/mol. The van der Waals surface area contributed by atoms with Crippen molar-refractivity contribution in [3.05, 3.63) is 109 Å². The molecule has 786 valence electrons. The molecule has 142 heavy (non-hydrogen) atoms. The Morgan fingerprint density at radius 2 is 0.930 bits per heavy atom. The Bertz CT molecular complexity index is 4760. The summed E-state index contributed by atoms with van der Waals surface area (Å²) in [7, 11) is 0. The van der Waals surface area contributed by atoms with Gasteiger partial charge in [0.15, 0.2) is 6.10 Å². The van der Waals surface area contributed by atoms with E-state index in [9.17, 15) is 67.1 Å². The Balaban J connectivity index is 0.000000154. The third-order valence-corrected chi connectivity index (χ3v) is 34.2. The molecule has 0 N–H and O–H groups in total. The molecule has 16 saturated carbocycles. The van der Waals surface area contributed by atoms with Gasteiger partial charge in [-0.1, -0.05) is 114 Å². The van der Waals surface area contributed by atoms with E-state index in [1.807, 2.05) is 13.8 Å². The van der Waals surface area contributed by atoms with E-state index in [1.165, 1.54) is 149 Å². The number of hydrogen-bond donors (Lipinski definition) is 0. The largest absolute Gasteiger partial charge is 0.508 e. The first-order valence-electron chi connectivity index (χ1n) is 52.3. The van der Waals surface area contributed by atoms with Gasteiger partial charge in [0.2, 0.25) is 12.2 Å². The standard InChI is InChI=1S/C19H28O2.C19H30O2.C18H26O2.C12H14O4.C11H18O2.C10H14O4.C8H10O5.2C8H10O4/c1-12(2)18(20)21-19(15-5-3-4-6-15)16-8-13-7-14(10-16)11-17(19)9-13;1-5-19(6-2,21-17(20)13(3)4)18-10-14-7-15(11-18)9-16(8-14)12-18;1-4-18(20-17(19)10(2)3)9-13-8-14(18)16-12-6-5-11(7-12)15(13)16;1-5(2)11(13)15-9-6-3-7-8(4-6)12(14)16-10(7)9;1-4-11(7-5-6-8-11)13-10(12)9(2)3;1-6(2)8(11)14-7-9(12)13-5-10(7,3)4;1-5(2)7(9)11-3-6-4-12-8(10)13-6;1-5(2)8(10)12-6-3-7(9)11-4-6;1-5(2)7(9)12-6-3-4-11-8(6)10/h13-17H,1,3-11H2,2H3;14-16H,3,5-12H2,1-2,4H3;11-16H,2,4-9H2,1,3H3;6-10H,1,3-4H2,2H3;2,4-8H2,1,3H3;7H,1,5H2,2-4H3;6H,1,3-4H2,2H3;2*6H,1,3-4H2,2H3. The highest BCUT2D eigenvalue weighted by molar-refractivity contribution is 5.93. The van der Waals surface area contributed by atoms with Gasteiger partial charge >= 0.3 is 83.8 Å². The van der Waals surface area contributed by atoms with Crippen LogP contribution in [0, 0.1) is 111 Å². The van der Waals surface area contributed by atoms with Crippen LogP contribution in [0.25, 0.3) is 0 Å². The van der Waals surface area contributed by atoms with Gasteiger partial charge in [0.05, 0.1) is 18.9 Å². The molecular formula is C113H160O29. The van der Waals surface area contributed by atoms with Crippen molar-refractivity contribution in [3.63, 3.8) is 0 Å². The minimum absolute atomic E-state index is 0.0113. The van der Waals surface area contributed by atoms with E-state index >= 15 is 0 Å². The Morgan fingerprint density at radius 3 is 1.40 bits per heavy atom. The summed E-state index contributed by atoms with van der Waals surface area (Å²) in [6.45, 7) is 60.2. The van der Waals surface area contributed by atoms with Gasteiger partial charge in [0.1, 0.15) is 67.1 Å². The molecule has 0 aromatic carbocycles. The van der Waals surface area contributed by atoms with E-state index in [-0.39, 0.29) is 138 Å². The molecule has 16 aliphatic carbocycles. The van der Waals surface area contributed by atoms with Crippen molar-refractivity contribution in [2.24, 2.45) is 111 Å². The SMILES string of the molecule is C=C(C)C(=O)OC(CC)(CC)C12CC3CC(CC(C3)C1)C2.C=C(C)C(=O)OC1(C2CCCC2)C2CC3CC(C2)CC1C3.C=C(C)C(=O)OC1(CC)CC2CC1C1C3CCC(C3)C21.C=C(C)C(=O)OC1(CC)CCCC1.C=C(C)C(=O)OC1C(=O)OCC1(C)C.C=C(C)C(=O)OC1C2CC3C(=O)OC1C3C2.C=C(C)C(=O)OC1CCOC1=O.C=C(C)C(=O)OC1COC(=O)C1.C=C(C)C(=O)OCC1COC(=O)O1. The first-order chi connectivity index (χ1) is 66.9. The third kappa shape index (κ3) is 25.9. The highest BCUT2D eigenvalue weighted by Crippen LogP contribution is 2.72. The molecule has 29 heteroatoms. The summed E-state index contributed by atoms with van der Waals surface area (Å²) in [5.41, 5.74) is 2.82. The number of cyclic esters (lactones) is 5. The molecule has 5 heterocycles. The second-order valence-electron chi connectivity index (χ2n) is 45.4. The Hall–Kier alpha value is -9.96. The summed E-state index contributed by atoms with van der Waals surface area (Å²) in [5, 5.41) is 0. The van der Waals surface area contributed by atoms with Gasteiger partial charge in [-0.05, 0) is 319 Å². The quantitative estimate of drug-likeness (QED) is 0.0354. The zero-order valence-electron chi connectivity index (χ0n) is 87.1. The molecule has 21 rings (SSSR count). The Kier molecular flexibility index (Phi) is 37.6. The van der Waals surface area contributed by atoms with Crippen LogP contribution in [0.4, 0.5) is 4.79 Å². The molecule has 14 bridgehead atoms. The van der Waals surface area contributed by atoms with E-state index in [0.29, 0.717) is 81.6 Å². The minimum Gasteiger partial charge on any atom is -0.463 e. The third-order valence-electron chi connectivity index (χ3n) is 34.2. The summed E-state index contributed by atoms with van der Waals surface area (Å²) in [6.07, 6.45) is 33.7. The second kappa shape index (κ2) is 47.5. The predicted octanol–water partition coefficient (Wildman–Crippen LogP) is 19.8. The fourth-order valence-electron chi connectivity index (χ4n) is 27.8. The van der Waals surface area contributed by atoms with E-state index in [1.54, 1.807) is 48.5 Å². The molecule has 0 radical (unpaired) electrons. The summed E-state index contributed by atoms with van der Waals surface area (Å²) < 4.78 is 77.1. The highest BCUT2D eigenvalue weighted by Gasteiger charge is 2.69. The molecule has 0 aromatic heterocycles. The minimum atomic E-state index is -0.813. The number of carbonyl (C=O) groups excluding carboxylic acids is 14. The molecule has 5 aliphatic heterocycles.